The molecule has 0 aromatic heterocycles. The highest BCUT2D eigenvalue weighted by Gasteiger charge is 2.31. The first-order chi connectivity index (χ1) is 12.9. The Morgan fingerprint density at radius 1 is 1.04 bits per heavy atom. The third-order valence-corrected chi connectivity index (χ3v) is 3.74. The highest BCUT2D eigenvalue weighted by atomic mass is 79.9. The van der Waals surface area contributed by atoms with E-state index in [2.05, 4.69) is 32.6 Å². The van der Waals surface area contributed by atoms with Crippen LogP contribution < -0.4 is 9.64 Å². The van der Waals surface area contributed by atoms with E-state index < -0.39 is 18.1 Å². The first-order valence-electron chi connectivity index (χ1n) is 8.10. The molecule has 8 heteroatoms. The van der Waals surface area contributed by atoms with Gasteiger partial charge in [0.15, 0.2) is 0 Å². The molecular weight excluding hydrogens is 439 g/mol. The van der Waals surface area contributed by atoms with Crippen LogP contribution in [0.2, 0.25) is 0 Å². The third-order valence-electron chi connectivity index (χ3n) is 3.07. The minimum absolute atomic E-state index is 0.354. The number of ether oxygens (including phenoxy) is 2. The normalized spacial score (nSPS) is 11.2. The van der Waals surface area contributed by atoms with Gasteiger partial charge in [0.05, 0.1) is 5.69 Å². The van der Waals surface area contributed by atoms with Crippen molar-refractivity contribution in [3.8, 4) is 17.7 Å². The van der Waals surface area contributed by atoms with Gasteiger partial charge in [-0.05, 0) is 79.0 Å². The smallest absolute Gasteiger partial charge is 0.443 e. The van der Waals surface area contributed by atoms with Crippen LogP contribution in [0.5, 0.6) is 5.75 Å². The van der Waals surface area contributed by atoms with E-state index in [9.17, 15) is 18.0 Å². The molecule has 0 saturated carbocycles. The summed E-state index contributed by atoms with van der Waals surface area (Å²) in [6.45, 7) is 5.20. The molecule has 0 unspecified atom stereocenters. The molecular formula is C20H17BrF3NO3. The number of alkyl halides is 3. The Bertz CT molecular complexity index is 894. The molecule has 0 fully saturated rings. The van der Waals surface area contributed by atoms with E-state index in [0.29, 0.717) is 15.7 Å². The van der Waals surface area contributed by atoms with E-state index in [1.165, 1.54) is 12.1 Å². The number of anilines is 1. The van der Waals surface area contributed by atoms with Crippen molar-refractivity contribution in [2.45, 2.75) is 32.7 Å². The predicted octanol–water partition coefficient (Wildman–Crippen LogP) is 6.10. The molecule has 0 bridgehead atoms. The molecule has 2 aromatic carbocycles. The van der Waals surface area contributed by atoms with Crippen LogP contribution in [0.1, 0.15) is 26.3 Å². The summed E-state index contributed by atoms with van der Waals surface area (Å²) in [4.78, 5) is 13.7. The number of hydrogen-bond donors (Lipinski definition) is 0. The van der Waals surface area contributed by atoms with Gasteiger partial charge in [-0.1, -0.05) is 12.1 Å². The van der Waals surface area contributed by atoms with Gasteiger partial charge in [-0.15, -0.1) is 13.2 Å². The minimum Gasteiger partial charge on any atom is -0.443 e. The number of carbonyl (C=O) groups excluding carboxylic acids is 1. The summed E-state index contributed by atoms with van der Waals surface area (Å²) in [5.74, 6) is 2.39. The van der Waals surface area contributed by atoms with Crippen LogP contribution in [-0.2, 0) is 4.74 Å². The maximum Gasteiger partial charge on any atom is 0.573 e. The van der Waals surface area contributed by atoms with Crippen molar-refractivity contribution in [2.24, 2.45) is 0 Å². The number of benzene rings is 2. The molecule has 0 heterocycles. The Labute approximate surface area is 169 Å². The lowest BCUT2D eigenvalue weighted by Gasteiger charge is -2.24. The second kappa shape index (κ2) is 8.57. The van der Waals surface area contributed by atoms with Crippen molar-refractivity contribution < 1.29 is 27.4 Å². The maximum absolute atomic E-state index is 12.6. The molecule has 2 aromatic rings. The standard InChI is InChI=1S/C20H17BrF3NO3/c1-19(2,3)28-18(26)25(17-7-5-4-6-16(17)21)13-12-14-8-10-15(11-9-14)27-20(22,23)24/h4-11H,1-3H3. The van der Waals surface area contributed by atoms with E-state index >= 15 is 0 Å². The molecule has 0 atom stereocenters. The third kappa shape index (κ3) is 6.82. The van der Waals surface area contributed by atoms with Gasteiger partial charge in [0.25, 0.3) is 0 Å². The van der Waals surface area contributed by atoms with Crippen molar-refractivity contribution in [3.63, 3.8) is 0 Å². The summed E-state index contributed by atoms with van der Waals surface area (Å²) in [6, 6.07) is 14.7. The van der Waals surface area contributed by atoms with Crippen LogP contribution >= 0.6 is 15.9 Å². The summed E-state index contributed by atoms with van der Waals surface area (Å²) in [5.41, 5.74) is 0.144. The monoisotopic (exact) mass is 455 g/mol. The highest BCUT2D eigenvalue weighted by molar-refractivity contribution is 9.10. The SMILES string of the molecule is CC(C)(C)OC(=O)N(C#Cc1ccc(OC(F)(F)F)cc1)c1ccccc1Br. The van der Waals surface area contributed by atoms with Crippen LogP contribution in [0.4, 0.5) is 23.7 Å². The molecule has 4 nitrogen and oxygen atoms in total. The second-order valence-corrected chi connectivity index (χ2v) is 7.43. The number of para-hydroxylation sites is 1. The predicted molar refractivity (Wildman–Crippen MR) is 103 cm³/mol. The van der Waals surface area contributed by atoms with Crippen molar-refractivity contribution in [1.29, 1.82) is 0 Å². The van der Waals surface area contributed by atoms with Crippen LogP contribution in [0.15, 0.2) is 53.0 Å². The topological polar surface area (TPSA) is 38.8 Å². The zero-order valence-electron chi connectivity index (χ0n) is 15.3. The summed E-state index contributed by atoms with van der Waals surface area (Å²) < 4.78 is 46.5. The lowest BCUT2D eigenvalue weighted by Crippen LogP contribution is -2.34. The Balaban J connectivity index is 2.31. The quantitative estimate of drug-likeness (QED) is 0.405. The van der Waals surface area contributed by atoms with Crippen molar-refractivity contribution in [1.82, 2.24) is 0 Å². The number of rotatable bonds is 2. The lowest BCUT2D eigenvalue weighted by atomic mass is 10.2. The fourth-order valence-corrected chi connectivity index (χ4v) is 2.47. The average molecular weight is 456 g/mol. The Morgan fingerprint density at radius 3 is 2.18 bits per heavy atom. The van der Waals surface area contributed by atoms with Crippen LogP contribution in [0, 0.1) is 12.0 Å². The van der Waals surface area contributed by atoms with Gasteiger partial charge in [-0.2, -0.15) is 0 Å². The zero-order valence-corrected chi connectivity index (χ0v) is 16.9. The summed E-state index contributed by atoms with van der Waals surface area (Å²) in [7, 11) is 0. The molecule has 0 saturated heterocycles. The average Bonchev–Trinajstić information content (AvgIpc) is 2.55. The first-order valence-corrected chi connectivity index (χ1v) is 8.89. The van der Waals surface area contributed by atoms with Gasteiger partial charge in [0, 0.05) is 16.1 Å². The maximum atomic E-state index is 12.6. The minimum atomic E-state index is -4.76. The van der Waals surface area contributed by atoms with E-state index in [1.54, 1.807) is 45.0 Å². The number of nitrogens with zero attached hydrogens (tertiary/aromatic N) is 1. The number of halogens is 4. The molecule has 0 aliphatic heterocycles. The fraction of sp³-hybridized carbons (Fsp3) is 0.250. The van der Waals surface area contributed by atoms with Gasteiger partial charge in [-0.25, -0.2) is 9.69 Å². The molecule has 28 heavy (non-hydrogen) atoms. The number of amides is 1. The Kier molecular flexibility index (Phi) is 6.62. The number of hydrogen-bond acceptors (Lipinski definition) is 3. The molecule has 0 radical (unpaired) electrons. The molecule has 0 aliphatic carbocycles. The largest absolute Gasteiger partial charge is 0.573 e. The zero-order chi connectivity index (χ0) is 20.9. The first kappa shape index (κ1) is 21.6. The molecule has 148 valence electrons. The molecule has 0 spiro atoms. The Hall–Kier alpha value is -2.66. The number of carbonyl (C=O) groups is 1. The highest BCUT2D eigenvalue weighted by Crippen LogP contribution is 2.27. The van der Waals surface area contributed by atoms with Crippen molar-refractivity contribution >= 4 is 27.7 Å². The van der Waals surface area contributed by atoms with Crippen LogP contribution in [0.3, 0.4) is 0 Å². The molecule has 1 amide bonds. The van der Waals surface area contributed by atoms with Gasteiger partial charge >= 0.3 is 12.5 Å². The van der Waals surface area contributed by atoms with E-state index in [0.717, 1.165) is 17.0 Å². The summed E-state index contributed by atoms with van der Waals surface area (Å²) in [6.07, 6.45) is -5.44. The van der Waals surface area contributed by atoms with Crippen LogP contribution in [0.25, 0.3) is 0 Å². The molecule has 0 aliphatic rings. The Morgan fingerprint density at radius 2 is 1.64 bits per heavy atom. The second-order valence-electron chi connectivity index (χ2n) is 6.58. The fourth-order valence-electron chi connectivity index (χ4n) is 2.01. The summed E-state index contributed by atoms with van der Waals surface area (Å²) >= 11 is 3.37. The van der Waals surface area contributed by atoms with Crippen LogP contribution in [-0.4, -0.2) is 18.1 Å². The summed E-state index contributed by atoms with van der Waals surface area (Å²) in [5, 5.41) is 0. The molecule has 0 N–H and O–H groups in total. The van der Waals surface area contributed by atoms with Crippen molar-refractivity contribution in [2.75, 3.05) is 4.90 Å². The van der Waals surface area contributed by atoms with Gasteiger partial charge < -0.3 is 9.47 Å². The van der Waals surface area contributed by atoms with E-state index in [-0.39, 0.29) is 5.75 Å². The van der Waals surface area contributed by atoms with Gasteiger partial charge in [-0.3, -0.25) is 0 Å². The van der Waals surface area contributed by atoms with Gasteiger partial charge in [0.1, 0.15) is 11.4 Å². The molecule has 2 rings (SSSR count). The van der Waals surface area contributed by atoms with Gasteiger partial charge in [0.2, 0.25) is 0 Å². The van der Waals surface area contributed by atoms with E-state index in [4.69, 9.17) is 4.74 Å². The van der Waals surface area contributed by atoms with Crippen molar-refractivity contribution in [3.05, 3.63) is 58.6 Å². The van der Waals surface area contributed by atoms with E-state index in [1.807, 2.05) is 0 Å². The lowest BCUT2D eigenvalue weighted by molar-refractivity contribution is -0.274.